The number of esters is 1. The second-order valence-corrected chi connectivity index (χ2v) is 8.41. The highest BCUT2D eigenvalue weighted by molar-refractivity contribution is 6.05. The molecule has 35 heavy (non-hydrogen) atoms. The Balaban J connectivity index is 1.35. The molecule has 0 saturated carbocycles. The number of hydrogen-bond acceptors (Lipinski definition) is 4. The molecule has 5 nitrogen and oxygen atoms in total. The van der Waals surface area contributed by atoms with Gasteiger partial charge in [-0.25, -0.2) is 9.40 Å². The van der Waals surface area contributed by atoms with Crippen LogP contribution in [-0.2, 0) is 20.7 Å². The minimum absolute atomic E-state index is 0.227. The van der Waals surface area contributed by atoms with E-state index in [1.54, 1.807) is 12.1 Å². The van der Waals surface area contributed by atoms with E-state index in [1.807, 2.05) is 66.7 Å². The number of carbonyl (C=O) groups is 2. The highest BCUT2D eigenvalue weighted by Crippen LogP contribution is 2.33. The number of benzene rings is 4. The molecular weight excluding hydrogens is 443 g/mol. The lowest BCUT2D eigenvalue weighted by atomic mass is 9.97. The van der Waals surface area contributed by atoms with Gasteiger partial charge in [-0.1, -0.05) is 84.9 Å². The average Bonchev–Trinajstić information content (AvgIpc) is 3.35. The van der Waals surface area contributed by atoms with Crippen LogP contribution in [-0.4, -0.2) is 29.2 Å². The molecule has 1 aliphatic rings. The smallest absolute Gasteiger partial charge is 0.310 e. The molecule has 0 aliphatic carbocycles. The van der Waals surface area contributed by atoms with Gasteiger partial charge in [0.1, 0.15) is 5.82 Å². The lowest BCUT2D eigenvalue weighted by Crippen LogP contribution is -2.31. The zero-order valence-corrected chi connectivity index (χ0v) is 18.9. The van der Waals surface area contributed by atoms with Crippen molar-refractivity contribution in [1.82, 2.24) is 5.01 Å². The normalized spacial score (nSPS) is 15.2. The molecule has 0 N–H and O–H groups in total. The van der Waals surface area contributed by atoms with Gasteiger partial charge < -0.3 is 4.74 Å². The van der Waals surface area contributed by atoms with E-state index in [9.17, 15) is 14.0 Å². The van der Waals surface area contributed by atoms with Gasteiger partial charge >= 0.3 is 5.97 Å². The molecular formula is C29H23FN2O3. The number of fused-ring (bicyclic) bond motifs is 1. The molecule has 1 unspecified atom stereocenters. The van der Waals surface area contributed by atoms with Crippen LogP contribution >= 0.6 is 0 Å². The second-order valence-electron chi connectivity index (χ2n) is 8.41. The molecule has 0 bridgehead atoms. The van der Waals surface area contributed by atoms with E-state index in [-0.39, 0.29) is 18.0 Å². The molecule has 0 saturated heterocycles. The first-order valence-electron chi connectivity index (χ1n) is 11.4. The predicted molar refractivity (Wildman–Crippen MR) is 132 cm³/mol. The molecule has 4 aromatic rings. The summed E-state index contributed by atoms with van der Waals surface area (Å²) >= 11 is 0. The average molecular weight is 467 g/mol. The van der Waals surface area contributed by atoms with Gasteiger partial charge in [-0.05, 0) is 39.6 Å². The number of hydrazone groups is 1. The molecule has 4 aromatic carbocycles. The molecule has 0 fully saturated rings. The fourth-order valence-corrected chi connectivity index (χ4v) is 4.28. The summed E-state index contributed by atoms with van der Waals surface area (Å²) in [5.41, 5.74) is 2.90. The zero-order valence-electron chi connectivity index (χ0n) is 18.9. The van der Waals surface area contributed by atoms with Crippen molar-refractivity contribution in [3.8, 4) is 0 Å². The highest BCUT2D eigenvalue weighted by atomic mass is 19.1. The first kappa shape index (κ1) is 22.5. The topological polar surface area (TPSA) is 59.0 Å². The Hall–Kier alpha value is -4.32. The molecule has 1 heterocycles. The van der Waals surface area contributed by atoms with E-state index in [1.165, 1.54) is 17.1 Å². The summed E-state index contributed by atoms with van der Waals surface area (Å²) < 4.78 is 19.0. The van der Waals surface area contributed by atoms with Crippen molar-refractivity contribution in [2.45, 2.75) is 18.9 Å². The number of halogens is 1. The van der Waals surface area contributed by atoms with Crippen LogP contribution in [0.3, 0.4) is 0 Å². The Labute approximate surface area is 202 Å². The Kier molecular flexibility index (Phi) is 6.35. The molecule has 1 atom stereocenters. The van der Waals surface area contributed by atoms with Crippen LogP contribution in [0.15, 0.2) is 102 Å². The van der Waals surface area contributed by atoms with Crippen LogP contribution in [0.5, 0.6) is 0 Å². The Morgan fingerprint density at radius 1 is 0.886 bits per heavy atom. The van der Waals surface area contributed by atoms with E-state index in [0.29, 0.717) is 6.42 Å². The van der Waals surface area contributed by atoms with Crippen LogP contribution in [0.1, 0.15) is 29.2 Å². The number of ether oxygens (including phenoxy) is 1. The van der Waals surface area contributed by atoms with Crippen LogP contribution < -0.4 is 0 Å². The monoisotopic (exact) mass is 466 g/mol. The summed E-state index contributed by atoms with van der Waals surface area (Å²) in [6.45, 7) is -0.467. The third-order valence-electron chi connectivity index (χ3n) is 6.08. The molecule has 5 rings (SSSR count). The number of nitrogens with zero attached hydrogens (tertiary/aromatic N) is 2. The van der Waals surface area contributed by atoms with E-state index in [2.05, 4.69) is 11.2 Å². The molecule has 0 radical (unpaired) electrons. The fourth-order valence-electron chi connectivity index (χ4n) is 4.28. The quantitative estimate of drug-likeness (QED) is 0.356. The van der Waals surface area contributed by atoms with Gasteiger partial charge in [0.25, 0.3) is 5.91 Å². The van der Waals surface area contributed by atoms with Crippen molar-refractivity contribution in [3.05, 3.63) is 120 Å². The van der Waals surface area contributed by atoms with Crippen molar-refractivity contribution in [2.75, 3.05) is 6.61 Å². The third-order valence-corrected chi connectivity index (χ3v) is 6.08. The first-order valence-corrected chi connectivity index (χ1v) is 11.4. The van der Waals surface area contributed by atoms with Crippen molar-refractivity contribution in [1.29, 1.82) is 0 Å². The molecule has 174 valence electrons. The van der Waals surface area contributed by atoms with E-state index < -0.39 is 24.3 Å². The predicted octanol–water partition coefficient (Wildman–Crippen LogP) is 5.44. The van der Waals surface area contributed by atoms with Crippen LogP contribution in [0, 0.1) is 5.82 Å². The Morgan fingerprint density at radius 2 is 1.60 bits per heavy atom. The number of carbonyl (C=O) groups excluding carboxylic acids is 2. The maximum absolute atomic E-state index is 13.8. The lowest BCUT2D eigenvalue weighted by molar-refractivity contribution is -0.152. The summed E-state index contributed by atoms with van der Waals surface area (Å²) in [7, 11) is 0. The fraction of sp³-hybridized carbons (Fsp3) is 0.138. The van der Waals surface area contributed by atoms with Crippen molar-refractivity contribution < 1.29 is 18.7 Å². The maximum atomic E-state index is 13.8. The van der Waals surface area contributed by atoms with Gasteiger partial charge in [-0.3, -0.25) is 9.59 Å². The van der Waals surface area contributed by atoms with Gasteiger partial charge in [0, 0.05) is 6.42 Å². The number of rotatable bonds is 6. The minimum atomic E-state index is -0.669. The lowest BCUT2D eigenvalue weighted by Gasteiger charge is -2.21. The molecule has 1 aliphatic heterocycles. The number of hydrogen-bond donors (Lipinski definition) is 0. The Bertz CT molecular complexity index is 1420. The highest BCUT2D eigenvalue weighted by Gasteiger charge is 2.33. The van der Waals surface area contributed by atoms with Gasteiger partial charge in [0.05, 0.1) is 18.2 Å². The van der Waals surface area contributed by atoms with Gasteiger partial charge in [0.15, 0.2) is 6.61 Å². The second kappa shape index (κ2) is 9.89. The largest absolute Gasteiger partial charge is 0.455 e. The van der Waals surface area contributed by atoms with E-state index in [4.69, 9.17) is 4.74 Å². The van der Waals surface area contributed by atoms with Crippen LogP contribution in [0.2, 0.25) is 0 Å². The molecule has 0 aromatic heterocycles. The molecule has 1 amide bonds. The SMILES string of the molecule is O=C(Cc1ccccc1F)OCC(=O)N1N=C(c2ccc3ccccc3c2)CC1c1ccccc1. The van der Waals surface area contributed by atoms with Crippen LogP contribution in [0.4, 0.5) is 4.39 Å². The summed E-state index contributed by atoms with van der Waals surface area (Å²) in [5.74, 6) is -1.58. The Morgan fingerprint density at radius 3 is 2.40 bits per heavy atom. The molecule has 6 heteroatoms. The van der Waals surface area contributed by atoms with E-state index in [0.717, 1.165) is 27.6 Å². The standard InChI is InChI=1S/C29H23FN2O3/c30-25-13-7-6-12-23(25)17-29(34)35-19-28(33)32-27(21-9-2-1-3-10-21)18-26(31-32)24-15-14-20-8-4-5-11-22(20)16-24/h1-16,27H,17-19H2. The minimum Gasteiger partial charge on any atom is -0.455 e. The third kappa shape index (κ3) is 4.96. The summed E-state index contributed by atoms with van der Waals surface area (Å²) in [4.78, 5) is 25.4. The number of amides is 1. The van der Waals surface area contributed by atoms with Crippen molar-refractivity contribution in [3.63, 3.8) is 0 Å². The summed E-state index contributed by atoms with van der Waals surface area (Å²) in [6, 6.07) is 29.5. The zero-order chi connectivity index (χ0) is 24.2. The first-order chi connectivity index (χ1) is 17.1. The molecule has 0 spiro atoms. The van der Waals surface area contributed by atoms with Gasteiger partial charge in [0.2, 0.25) is 0 Å². The van der Waals surface area contributed by atoms with Crippen molar-refractivity contribution in [2.24, 2.45) is 5.10 Å². The van der Waals surface area contributed by atoms with E-state index >= 15 is 0 Å². The summed E-state index contributed by atoms with van der Waals surface area (Å²) in [5, 5.41) is 8.27. The maximum Gasteiger partial charge on any atom is 0.310 e. The summed E-state index contributed by atoms with van der Waals surface area (Å²) in [6.07, 6.45) is 0.297. The van der Waals surface area contributed by atoms with Gasteiger partial charge in [-0.15, -0.1) is 0 Å². The van der Waals surface area contributed by atoms with Crippen LogP contribution in [0.25, 0.3) is 10.8 Å². The van der Waals surface area contributed by atoms with Crippen molar-refractivity contribution >= 4 is 28.4 Å². The van der Waals surface area contributed by atoms with Gasteiger partial charge in [-0.2, -0.15) is 5.10 Å².